The van der Waals surface area contributed by atoms with E-state index in [9.17, 15) is 29.4 Å². The number of carbonyl (C=O) groups is 4. The second-order valence-electron chi connectivity index (χ2n) is 2.52. The van der Waals surface area contributed by atoms with E-state index in [0.29, 0.717) is 0 Å². The van der Waals surface area contributed by atoms with Gasteiger partial charge in [0.05, 0.1) is 0 Å². The third-order valence-electron chi connectivity index (χ3n) is 1.07. The Labute approximate surface area is 118 Å². The van der Waals surface area contributed by atoms with Crippen molar-refractivity contribution in [2.75, 3.05) is 26.2 Å². The third-order valence-corrected chi connectivity index (χ3v) is 1.07. The van der Waals surface area contributed by atoms with Gasteiger partial charge in [0.1, 0.15) is 0 Å². The van der Waals surface area contributed by atoms with Gasteiger partial charge in [-0.15, -0.1) is 13.1 Å². The molecule has 0 aliphatic rings. The predicted octanol–water partition coefficient (Wildman–Crippen LogP) is -2.62. The first-order valence-electron chi connectivity index (χ1n) is 4.43. The standard InChI is InChI=1S/2C4H7N2O3.Ni/c2*5-1-3(7)6-2-4(8)9;/h2*5H,1-2H2,(H2,6,7,8,9);/q2*-1;+2/p-4. The molecular weight excluding hydrogens is 307 g/mol. The Morgan fingerprint density at radius 3 is 1.21 bits per heavy atom. The molecule has 0 atom stereocenters. The minimum Gasteiger partial charge on any atom is -0.673 e. The zero-order valence-electron chi connectivity index (χ0n) is 9.49. The Hall–Kier alpha value is -1.71. The van der Waals surface area contributed by atoms with Gasteiger partial charge >= 0.3 is 16.5 Å². The molecule has 0 bridgehead atoms. The van der Waals surface area contributed by atoms with E-state index < -0.39 is 49.9 Å². The summed E-state index contributed by atoms with van der Waals surface area (Å²) in [4.78, 5) is 39.3. The van der Waals surface area contributed by atoms with E-state index in [-0.39, 0.29) is 16.5 Å². The van der Waals surface area contributed by atoms with Gasteiger partial charge in [0, 0.05) is 23.8 Å². The van der Waals surface area contributed by atoms with Crippen LogP contribution in [0.1, 0.15) is 0 Å². The van der Waals surface area contributed by atoms with Gasteiger partial charge in [-0.25, -0.2) is 0 Å². The molecule has 0 spiro atoms. The van der Waals surface area contributed by atoms with Crippen LogP contribution < -0.4 is 10.2 Å². The van der Waals surface area contributed by atoms with Crippen LogP contribution in [0.5, 0.6) is 0 Å². The van der Waals surface area contributed by atoms with Crippen molar-refractivity contribution in [2.45, 2.75) is 0 Å². The van der Waals surface area contributed by atoms with Crippen LogP contribution in [0.4, 0.5) is 0 Å². The normalized spacial score (nSPS) is 8.11. The first-order valence-corrected chi connectivity index (χ1v) is 4.43. The Bertz CT molecular complexity index is 282. The Morgan fingerprint density at radius 1 is 0.789 bits per heavy atom. The molecule has 10 nitrogen and oxygen atoms in total. The fourth-order valence-electron chi connectivity index (χ4n) is 0.417. The smallest absolute Gasteiger partial charge is 0.673 e. The molecule has 0 aromatic heterocycles. The van der Waals surface area contributed by atoms with Crippen molar-refractivity contribution >= 4 is 23.8 Å². The molecule has 0 saturated carbocycles. The summed E-state index contributed by atoms with van der Waals surface area (Å²) < 4.78 is 0. The largest absolute Gasteiger partial charge is 2.00 e. The van der Waals surface area contributed by atoms with E-state index in [2.05, 4.69) is 10.6 Å². The first kappa shape index (κ1) is 22.5. The number of nitrogens with zero attached hydrogens (tertiary/aromatic N) is 2. The number of rotatable bonds is 6. The van der Waals surface area contributed by atoms with Crippen LogP contribution in [0.3, 0.4) is 0 Å². The Morgan fingerprint density at radius 2 is 1.05 bits per heavy atom. The number of amides is 2. The van der Waals surface area contributed by atoms with Crippen molar-refractivity contribution in [1.29, 1.82) is 0 Å². The molecule has 0 aromatic rings. The van der Waals surface area contributed by atoms with E-state index in [1.807, 2.05) is 0 Å². The first-order chi connectivity index (χ1) is 8.33. The molecule has 11 heteroatoms. The van der Waals surface area contributed by atoms with Crippen LogP contribution in [0.2, 0.25) is 0 Å². The summed E-state index contributed by atoms with van der Waals surface area (Å²) >= 11 is 0. The number of hydrogen-bond donors (Lipinski definition) is 0. The summed E-state index contributed by atoms with van der Waals surface area (Å²) in [5, 5.41) is 25.1. The monoisotopic (exact) mass is 316 g/mol. The van der Waals surface area contributed by atoms with Gasteiger partial charge in [-0.3, -0.25) is 0 Å². The van der Waals surface area contributed by atoms with Gasteiger partial charge in [-0.05, 0) is 0 Å². The van der Waals surface area contributed by atoms with Crippen molar-refractivity contribution in [3.05, 3.63) is 22.1 Å². The Balaban J connectivity index is -0.000000256. The van der Waals surface area contributed by atoms with Gasteiger partial charge < -0.3 is 51.5 Å². The second-order valence-corrected chi connectivity index (χ2v) is 2.52. The van der Waals surface area contributed by atoms with Crippen molar-refractivity contribution in [3.63, 3.8) is 0 Å². The number of hydrogen-bond acceptors (Lipinski definition) is 6. The molecule has 0 unspecified atom stereocenters. The molecule has 0 rings (SSSR count). The Kier molecular flexibility index (Phi) is 17.0. The summed E-state index contributed by atoms with van der Waals surface area (Å²) in [6.45, 7) is -2.30. The maximum Gasteiger partial charge on any atom is 2.00 e. The number of carboxylic acids is 2. The topological polar surface area (TPSA) is 190 Å². The molecule has 2 amide bonds. The molecule has 2 N–H and O–H groups in total. The average Bonchev–Trinajstić information content (AvgIpc) is 2.33. The van der Waals surface area contributed by atoms with Gasteiger partial charge in [-0.1, -0.05) is 13.1 Å². The van der Waals surface area contributed by atoms with Gasteiger partial charge in [0.2, 0.25) is 0 Å². The summed E-state index contributed by atoms with van der Waals surface area (Å²) in [5.41, 5.74) is 12.8. The van der Waals surface area contributed by atoms with E-state index >= 15 is 0 Å². The molecule has 0 aliphatic heterocycles. The molecule has 112 valence electrons. The zero-order chi connectivity index (χ0) is 14.6. The minimum absolute atomic E-state index is 0. The fraction of sp³-hybridized carbons (Fsp3) is 0.500. The summed E-state index contributed by atoms with van der Waals surface area (Å²) in [6.07, 6.45) is 0. The molecule has 0 fully saturated rings. The quantitative estimate of drug-likeness (QED) is 0.481. The van der Waals surface area contributed by atoms with E-state index in [1.54, 1.807) is 0 Å². The molecule has 0 radical (unpaired) electrons. The zero-order valence-corrected chi connectivity index (χ0v) is 10.5. The van der Waals surface area contributed by atoms with Crippen LogP contribution in [-0.2, 0) is 35.7 Å². The molecule has 0 aromatic carbocycles. The van der Waals surface area contributed by atoms with E-state index in [1.165, 1.54) is 0 Å². The number of carbonyl (C=O) groups excluding carboxylic acids is 4. The van der Waals surface area contributed by atoms with Crippen LogP contribution >= 0.6 is 0 Å². The van der Waals surface area contributed by atoms with Gasteiger partial charge in [0.25, 0.3) is 0 Å². The summed E-state index contributed by atoms with van der Waals surface area (Å²) in [5.74, 6) is -4.29. The molecular formula is C8H10N4NiO6-4. The maximum absolute atomic E-state index is 10.1. The predicted molar refractivity (Wildman–Crippen MR) is 54.9 cm³/mol. The van der Waals surface area contributed by atoms with Crippen molar-refractivity contribution in [3.8, 4) is 0 Å². The van der Waals surface area contributed by atoms with Crippen LogP contribution in [-0.4, -0.2) is 49.9 Å². The van der Waals surface area contributed by atoms with Crippen molar-refractivity contribution in [2.24, 2.45) is 0 Å². The molecule has 0 saturated heterocycles. The van der Waals surface area contributed by atoms with Crippen molar-refractivity contribution in [1.82, 2.24) is 0 Å². The summed E-state index contributed by atoms with van der Waals surface area (Å²) in [7, 11) is 0. The van der Waals surface area contributed by atoms with E-state index in [0.717, 1.165) is 0 Å². The molecule has 0 heterocycles. The maximum atomic E-state index is 10.1. The van der Waals surface area contributed by atoms with Gasteiger partial charge in [0.15, 0.2) is 0 Å². The van der Waals surface area contributed by atoms with Gasteiger partial charge in [-0.2, -0.15) is 0 Å². The van der Waals surface area contributed by atoms with Crippen molar-refractivity contribution < 1.29 is 45.9 Å². The molecule has 0 aliphatic carbocycles. The molecule has 19 heavy (non-hydrogen) atoms. The number of aliphatic carboxylic acids is 2. The summed E-state index contributed by atoms with van der Waals surface area (Å²) in [6, 6.07) is 0. The third kappa shape index (κ3) is 22.0. The van der Waals surface area contributed by atoms with E-state index in [4.69, 9.17) is 11.5 Å². The van der Waals surface area contributed by atoms with Crippen LogP contribution in [0.15, 0.2) is 0 Å². The SMILES string of the molecule is [NH-]CC(=O)[N-]CC(=O)[O-].[NH-]CC(=O)[N-]CC(=O)[O-].[Ni+2]. The average molecular weight is 317 g/mol. The second kappa shape index (κ2) is 14.4. The minimum atomic E-state index is -1.41. The number of carboxylic acid groups (broad SMARTS) is 2. The fourth-order valence-corrected chi connectivity index (χ4v) is 0.417. The van der Waals surface area contributed by atoms with Crippen LogP contribution in [0, 0.1) is 0 Å². The number of nitrogens with one attached hydrogen (secondary N) is 2. The van der Waals surface area contributed by atoms with Crippen LogP contribution in [0.25, 0.3) is 22.1 Å².